The SMILES string of the molecule is CSCCc1nnc2ccc(C(=O)O)cn12. The molecule has 0 aromatic carbocycles. The van der Waals surface area contributed by atoms with Gasteiger partial charge < -0.3 is 5.11 Å². The number of pyridine rings is 1. The molecular formula is C10H11N3O2S. The predicted molar refractivity (Wildman–Crippen MR) is 62.0 cm³/mol. The van der Waals surface area contributed by atoms with E-state index in [9.17, 15) is 4.79 Å². The summed E-state index contributed by atoms with van der Waals surface area (Å²) >= 11 is 1.72. The molecule has 0 saturated carbocycles. The van der Waals surface area contributed by atoms with Crippen molar-refractivity contribution in [3.63, 3.8) is 0 Å². The maximum Gasteiger partial charge on any atom is 0.337 e. The molecule has 0 radical (unpaired) electrons. The Morgan fingerprint density at radius 3 is 3.00 bits per heavy atom. The van der Waals surface area contributed by atoms with Gasteiger partial charge in [0.2, 0.25) is 0 Å². The number of rotatable bonds is 4. The summed E-state index contributed by atoms with van der Waals surface area (Å²) in [6.45, 7) is 0. The average Bonchev–Trinajstić information content (AvgIpc) is 2.68. The lowest BCUT2D eigenvalue weighted by Crippen LogP contribution is -2.02. The average molecular weight is 237 g/mol. The minimum Gasteiger partial charge on any atom is -0.478 e. The minimum absolute atomic E-state index is 0.248. The van der Waals surface area contributed by atoms with Crippen molar-refractivity contribution in [3.05, 3.63) is 29.7 Å². The Labute approximate surface area is 96.5 Å². The molecule has 2 aromatic heterocycles. The summed E-state index contributed by atoms with van der Waals surface area (Å²) in [5.41, 5.74) is 0.929. The van der Waals surface area contributed by atoms with Gasteiger partial charge in [0.25, 0.3) is 0 Å². The number of hydrogen-bond donors (Lipinski definition) is 1. The molecule has 0 aliphatic rings. The lowest BCUT2D eigenvalue weighted by atomic mass is 10.3. The molecule has 6 heteroatoms. The van der Waals surface area contributed by atoms with Gasteiger partial charge in [-0.3, -0.25) is 4.40 Å². The van der Waals surface area contributed by atoms with E-state index in [1.54, 1.807) is 28.4 Å². The van der Waals surface area contributed by atoms with Gasteiger partial charge in [-0.25, -0.2) is 4.79 Å². The van der Waals surface area contributed by atoms with Crippen molar-refractivity contribution in [3.8, 4) is 0 Å². The van der Waals surface area contributed by atoms with E-state index in [2.05, 4.69) is 10.2 Å². The molecule has 0 saturated heterocycles. The van der Waals surface area contributed by atoms with Gasteiger partial charge in [0.15, 0.2) is 5.65 Å². The number of carbonyl (C=O) groups is 1. The molecule has 2 heterocycles. The quantitative estimate of drug-likeness (QED) is 0.869. The normalized spacial score (nSPS) is 10.8. The van der Waals surface area contributed by atoms with Crippen molar-refractivity contribution in [2.75, 3.05) is 12.0 Å². The molecule has 2 aromatic rings. The van der Waals surface area contributed by atoms with Gasteiger partial charge in [-0.15, -0.1) is 10.2 Å². The summed E-state index contributed by atoms with van der Waals surface area (Å²) in [6.07, 6.45) is 4.37. The fourth-order valence-electron chi connectivity index (χ4n) is 1.43. The fraction of sp³-hybridized carbons (Fsp3) is 0.300. The number of hydrogen-bond acceptors (Lipinski definition) is 4. The number of carboxylic acids is 1. The maximum absolute atomic E-state index is 10.8. The number of thioether (sulfide) groups is 1. The van der Waals surface area contributed by atoms with Crippen LogP contribution >= 0.6 is 11.8 Å². The van der Waals surface area contributed by atoms with Gasteiger partial charge in [-0.2, -0.15) is 11.8 Å². The lowest BCUT2D eigenvalue weighted by Gasteiger charge is -2.00. The minimum atomic E-state index is -0.939. The third-order valence-electron chi connectivity index (χ3n) is 2.25. The number of aryl methyl sites for hydroxylation is 1. The Morgan fingerprint density at radius 2 is 2.31 bits per heavy atom. The van der Waals surface area contributed by atoms with E-state index in [0.717, 1.165) is 18.0 Å². The molecule has 0 amide bonds. The zero-order valence-corrected chi connectivity index (χ0v) is 9.57. The summed E-state index contributed by atoms with van der Waals surface area (Å²) in [6, 6.07) is 3.20. The number of carboxylic acid groups (broad SMARTS) is 1. The van der Waals surface area contributed by atoms with Crippen molar-refractivity contribution < 1.29 is 9.90 Å². The zero-order valence-electron chi connectivity index (χ0n) is 8.75. The summed E-state index contributed by atoms with van der Waals surface area (Å²) in [5, 5.41) is 16.9. The highest BCUT2D eigenvalue weighted by molar-refractivity contribution is 7.98. The first-order chi connectivity index (χ1) is 7.72. The Morgan fingerprint density at radius 1 is 1.50 bits per heavy atom. The molecule has 0 aliphatic heterocycles. The van der Waals surface area contributed by atoms with E-state index >= 15 is 0 Å². The van der Waals surface area contributed by atoms with Crippen LogP contribution in [-0.4, -0.2) is 37.7 Å². The van der Waals surface area contributed by atoms with E-state index in [0.29, 0.717) is 5.65 Å². The molecule has 0 atom stereocenters. The summed E-state index contributed by atoms with van der Waals surface area (Å²) in [4.78, 5) is 10.8. The topological polar surface area (TPSA) is 67.5 Å². The summed E-state index contributed by atoms with van der Waals surface area (Å²) in [7, 11) is 0. The second kappa shape index (κ2) is 4.52. The molecule has 2 rings (SSSR count). The van der Waals surface area contributed by atoms with Crippen molar-refractivity contribution in [2.45, 2.75) is 6.42 Å². The Hall–Kier alpha value is -1.56. The van der Waals surface area contributed by atoms with E-state index < -0.39 is 5.97 Å². The summed E-state index contributed by atoms with van der Waals surface area (Å²) < 4.78 is 1.74. The third-order valence-corrected chi connectivity index (χ3v) is 2.86. The van der Waals surface area contributed by atoms with Gasteiger partial charge in [0.1, 0.15) is 5.82 Å². The first-order valence-electron chi connectivity index (χ1n) is 4.78. The highest BCUT2D eigenvalue weighted by atomic mass is 32.2. The van der Waals surface area contributed by atoms with Crippen LogP contribution in [0.4, 0.5) is 0 Å². The van der Waals surface area contributed by atoms with Crippen LogP contribution in [0.2, 0.25) is 0 Å². The molecule has 0 aliphatic carbocycles. The number of aromatic carboxylic acids is 1. The van der Waals surface area contributed by atoms with Gasteiger partial charge in [0, 0.05) is 18.4 Å². The standard InChI is InChI=1S/C10H11N3O2S/c1-16-5-4-9-12-11-8-3-2-7(10(14)15)6-13(8)9/h2-3,6H,4-5H2,1H3,(H,14,15). The van der Waals surface area contributed by atoms with Crippen LogP contribution in [-0.2, 0) is 6.42 Å². The van der Waals surface area contributed by atoms with Crippen LogP contribution in [0.3, 0.4) is 0 Å². The van der Waals surface area contributed by atoms with E-state index in [-0.39, 0.29) is 5.56 Å². The van der Waals surface area contributed by atoms with E-state index in [4.69, 9.17) is 5.11 Å². The zero-order chi connectivity index (χ0) is 11.5. The Kier molecular flexibility index (Phi) is 3.09. The van der Waals surface area contributed by atoms with Crippen LogP contribution < -0.4 is 0 Å². The van der Waals surface area contributed by atoms with Crippen molar-refractivity contribution in [1.82, 2.24) is 14.6 Å². The van der Waals surface area contributed by atoms with Crippen LogP contribution in [0.5, 0.6) is 0 Å². The number of nitrogens with zero attached hydrogens (tertiary/aromatic N) is 3. The highest BCUT2D eigenvalue weighted by Gasteiger charge is 2.08. The van der Waals surface area contributed by atoms with Gasteiger partial charge in [0.05, 0.1) is 5.56 Å². The van der Waals surface area contributed by atoms with Crippen LogP contribution in [0.1, 0.15) is 16.2 Å². The molecule has 5 nitrogen and oxygen atoms in total. The van der Waals surface area contributed by atoms with E-state index in [1.165, 1.54) is 6.07 Å². The van der Waals surface area contributed by atoms with Crippen molar-refractivity contribution >= 4 is 23.4 Å². The number of aromatic nitrogens is 3. The molecule has 0 bridgehead atoms. The first kappa shape index (κ1) is 10.9. The van der Waals surface area contributed by atoms with Gasteiger partial charge in [-0.1, -0.05) is 0 Å². The molecule has 0 spiro atoms. The van der Waals surface area contributed by atoms with E-state index in [1.807, 2.05) is 6.26 Å². The third kappa shape index (κ3) is 2.01. The lowest BCUT2D eigenvalue weighted by molar-refractivity contribution is 0.0696. The van der Waals surface area contributed by atoms with Crippen LogP contribution in [0.25, 0.3) is 5.65 Å². The van der Waals surface area contributed by atoms with Crippen molar-refractivity contribution in [2.24, 2.45) is 0 Å². The largest absolute Gasteiger partial charge is 0.478 e. The summed E-state index contributed by atoms with van der Waals surface area (Å²) in [5.74, 6) is 0.803. The molecule has 84 valence electrons. The predicted octanol–water partition coefficient (Wildman–Crippen LogP) is 1.33. The van der Waals surface area contributed by atoms with Gasteiger partial charge >= 0.3 is 5.97 Å². The highest BCUT2D eigenvalue weighted by Crippen LogP contribution is 2.09. The molecule has 0 fully saturated rings. The maximum atomic E-state index is 10.8. The fourth-order valence-corrected chi connectivity index (χ4v) is 1.82. The Bertz CT molecular complexity index is 524. The second-order valence-corrected chi connectivity index (χ2v) is 4.30. The monoisotopic (exact) mass is 237 g/mol. The van der Waals surface area contributed by atoms with Crippen LogP contribution in [0.15, 0.2) is 18.3 Å². The Balaban J connectivity index is 2.43. The van der Waals surface area contributed by atoms with Gasteiger partial charge in [-0.05, 0) is 18.4 Å². The molecule has 16 heavy (non-hydrogen) atoms. The second-order valence-electron chi connectivity index (χ2n) is 3.31. The van der Waals surface area contributed by atoms with Crippen molar-refractivity contribution in [1.29, 1.82) is 0 Å². The van der Waals surface area contributed by atoms with Crippen LogP contribution in [0, 0.1) is 0 Å². The molecule has 1 N–H and O–H groups in total. The number of fused-ring (bicyclic) bond motifs is 1. The first-order valence-corrected chi connectivity index (χ1v) is 6.17. The smallest absolute Gasteiger partial charge is 0.337 e. The molecular weight excluding hydrogens is 226 g/mol. The molecule has 0 unspecified atom stereocenters.